The lowest BCUT2D eigenvalue weighted by Gasteiger charge is -2.26. The number of hydrogen-bond acceptors (Lipinski definition) is 3. The SMILES string of the molecule is CSc1c(C(Cc2ccc(Cl)cc2)C(=O)OC(C)(C)C)ccc2c3ccccc3n(Cc3ccc(Cl)cc3)c12. The summed E-state index contributed by atoms with van der Waals surface area (Å²) < 4.78 is 8.32. The maximum Gasteiger partial charge on any atom is 0.314 e. The van der Waals surface area contributed by atoms with Gasteiger partial charge in [0.25, 0.3) is 0 Å². The quantitative estimate of drug-likeness (QED) is 0.143. The number of rotatable bonds is 7. The van der Waals surface area contributed by atoms with Crippen LogP contribution in [0.5, 0.6) is 0 Å². The summed E-state index contributed by atoms with van der Waals surface area (Å²) in [7, 11) is 0. The summed E-state index contributed by atoms with van der Waals surface area (Å²) in [4.78, 5) is 14.8. The summed E-state index contributed by atoms with van der Waals surface area (Å²) in [5.74, 6) is -0.702. The molecule has 0 N–H and O–H groups in total. The molecule has 0 saturated heterocycles. The molecule has 4 aromatic carbocycles. The molecule has 0 saturated carbocycles. The Hall–Kier alpha value is -2.92. The fourth-order valence-corrected chi connectivity index (χ4v) is 6.22. The van der Waals surface area contributed by atoms with E-state index in [1.54, 1.807) is 11.8 Å². The lowest BCUT2D eigenvalue weighted by molar-refractivity contribution is -0.156. The molecule has 0 radical (unpaired) electrons. The highest BCUT2D eigenvalue weighted by atomic mass is 35.5. The van der Waals surface area contributed by atoms with Crippen LogP contribution in [-0.2, 0) is 22.5 Å². The van der Waals surface area contributed by atoms with Crippen LogP contribution in [0.15, 0.2) is 89.8 Å². The number of thioether (sulfide) groups is 1. The predicted molar refractivity (Wildman–Crippen MR) is 166 cm³/mol. The first kappa shape index (κ1) is 27.6. The van der Waals surface area contributed by atoms with Crippen molar-refractivity contribution >= 4 is 62.7 Å². The molecule has 0 aliphatic carbocycles. The van der Waals surface area contributed by atoms with Gasteiger partial charge in [-0.1, -0.05) is 77.8 Å². The highest BCUT2D eigenvalue weighted by molar-refractivity contribution is 7.98. The molecule has 0 spiro atoms. The van der Waals surface area contributed by atoms with Crippen molar-refractivity contribution in [2.75, 3.05) is 6.26 Å². The van der Waals surface area contributed by atoms with Gasteiger partial charge < -0.3 is 9.30 Å². The smallest absolute Gasteiger partial charge is 0.314 e. The lowest BCUT2D eigenvalue weighted by atomic mass is 9.90. The van der Waals surface area contributed by atoms with Crippen LogP contribution in [0.25, 0.3) is 21.8 Å². The summed E-state index contributed by atoms with van der Waals surface area (Å²) in [6.45, 7) is 6.42. The Kier molecular flexibility index (Phi) is 8.00. The van der Waals surface area contributed by atoms with Crippen molar-refractivity contribution in [1.82, 2.24) is 4.57 Å². The van der Waals surface area contributed by atoms with E-state index in [2.05, 4.69) is 59.4 Å². The van der Waals surface area contributed by atoms with E-state index in [-0.39, 0.29) is 5.97 Å². The van der Waals surface area contributed by atoms with Gasteiger partial charge >= 0.3 is 5.97 Å². The first-order chi connectivity index (χ1) is 18.6. The van der Waals surface area contributed by atoms with Gasteiger partial charge in [-0.3, -0.25) is 4.79 Å². The van der Waals surface area contributed by atoms with E-state index < -0.39 is 11.5 Å². The molecule has 0 aliphatic rings. The van der Waals surface area contributed by atoms with E-state index in [9.17, 15) is 4.79 Å². The van der Waals surface area contributed by atoms with Gasteiger partial charge in [-0.05, 0) is 80.5 Å². The molecule has 0 fully saturated rings. The Balaban J connectivity index is 1.71. The molecule has 3 nitrogen and oxygen atoms in total. The van der Waals surface area contributed by atoms with E-state index in [4.69, 9.17) is 27.9 Å². The van der Waals surface area contributed by atoms with Crippen molar-refractivity contribution in [3.63, 3.8) is 0 Å². The minimum Gasteiger partial charge on any atom is -0.459 e. The van der Waals surface area contributed by atoms with Crippen molar-refractivity contribution in [3.8, 4) is 0 Å². The van der Waals surface area contributed by atoms with E-state index >= 15 is 0 Å². The number of aromatic nitrogens is 1. The van der Waals surface area contributed by atoms with Crippen LogP contribution in [0, 0.1) is 0 Å². The van der Waals surface area contributed by atoms with E-state index in [1.807, 2.05) is 57.2 Å². The van der Waals surface area contributed by atoms with Crippen LogP contribution < -0.4 is 0 Å². The average molecular weight is 577 g/mol. The number of benzene rings is 4. The zero-order chi connectivity index (χ0) is 27.7. The second-order valence-corrected chi connectivity index (χ2v) is 12.4. The fraction of sp³-hybridized carbons (Fsp3) is 0.242. The van der Waals surface area contributed by atoms with E-state index in [0.29, 0.717) is 18.0 Å². The molecule has 1 heterocycles. The molecule has 1 unspecified atom stereocenters. The van der Waals surface area contributed by atoms with Crippen LogP contribution in [0.2, 0.25) is 10.0 Å². The summed E-state index contributed by atoms with van der Waals surface area (Å²) in [5, 5.41) is 3.75. The summed E-state index contributed by atoms with van der Waals surface area (Å²) in [6, 6.07) is 28.4. The Bertz CT molecular complexity index is 1630. The highest BCUT2D eigenvalue weighted by Gasteiger charge is 2.30. The van der Waals surface area contributed by atoms with Crippen molar-refractivity contribution in [2.45, 2.75) is 50.2 Å². The molecule has 0 aliphatic heterocycles. The molecule has 5 rings (SSSR count). The minimum atomic E-state index is -0.595. The van der Waals surface area contributed by atoms with Gasteiger partial charge in [-0.15, -0.1) is 11.8 Å². The van der Waals surface area contributed by atoms with Crippen LogP contribution in [-0.4, -0.2) is 22.4 Å². The third-order valence-corrected chi connectivity index (χ3v) is 8.14. The molecular formula is C33H31Cl2NO2S. The molecule has 39 heavy (non-hydrogen) atoms. The summed E-state index contributed by atoms with van der Waals surface area (Å²) in [6.07, 6.45) is 2.60. The maximum absolute atomic E-state index is 13.7. The monoisotopic (exact) mass is 575 g/mol. The lowest BCUT2D eigenvalue weighted by Crippen LogP contribution is -2.29. The van der Waals surface area contributed by atoms with Crippen LogP contribution in [0.3, 0.4) is 0 Å². The molecule has 1 aromatic heterocycles. The van der Waals surface area contributed by atoms with Crippen molar-refractivity contribution in [3.05, 3.63) is 112 Å². The minimum absolute atomic E-state index is 0.229. The third kappa shape index (κ3) is 5.99. The van der Waals surface area contributed by atoms with Gasteiger partial charge in [-0.2, -0.15) is 0 Å². The first-order valence-electron chi connectivity index (χ1n) is 12.9. The molecular weight excluding hydrogens is 545 g/mol. The molecule has 0 amide bonds. The second kappa shape index (κ2) is 11.3. The van der Waals surface area contributed by atoms with Gasteiger partial charge in [0.2, 0.25) is 0 Å². The average Bonchev–Trinajstić information content (AvgIpc) is 3.21. The molecule has 200 valence electrons. The van der Waals surface area contributed by atoms with Crippen LogP contribution in [0.1, 0.15) is 43.4 Å². The number of fused-ring (bicyclic) bond motifs is 3. The second-order valence-electron chi connectivity index (χ2n) is 10.7. The number of nitrogens with zero attached hydrogens (tertiary/aromatic N) is 1. The number of carbonyl (C=O) groups is 1. The number of ether oxygens (including phenoxy) is 1. The van der Waals surface area contributed by atoms with Gasteiger partial charge in [0.15, 0.2) is 0 Å². The first-order valence-corrected chi connectivity index (χ1v) is 14.9. The number of halogens is 2. The Morgan fingerprint density at radius 2 is 1.46 bits per heavy atom. The molecule has 1 atom stereocenters. The number of para-hydroxylation sites is 1. The zero-order valence-electron chi connectivity index (χ0n) is 22.5. The van der Waals surface area contributed by atoms with Crippen molar-refractivity contribution < 1.29 is 9.53 Å². The Morgan fingerprint density at radius 1 is 0.846 bits per heavy atom. The zero-order valence-corrected chi connectivity index (χ0v) is 24.8. The molecule has 6 heteroatoms. The normalized spacial score (nSPS) is 12.7. The molecule has 5 aromatic rings. The van der Waals surface area contributed by atoms with E-state index in [0.717, 1.165) is 37.6 Å². The Labute approximate surface area is 244 Å². The fourth-order valence-electron chi connectivity index (χ4n) is 5.10. The van der Waals surface area contributed by atoms with Gasteiger partial charge in [0, 0.05) is 37.8 Å². The van der Waals surface area contributed by atoms with Gasteiger partial charge in [-0.25, -0.2) is 0 Å². The predicted octanol–water partition coefficient (Wildman–Crippen LogP) is 9.54. The maximum atomic E-state index is 13.7. The Morgan fingerprint density at radius 3 is 2.08 bits per heavy atom. The van der Waals surface area contributed by atoms with E-state index in [1.165, 1.54) is 10.8 Å². The highest BCUT2D eigenvalue weighted by Crippen LogP contribution is 2.41. The summed E-state index contributed by atoms with van der Waals surface area (Å²) >= 11 is 14.0. The van der Waals surface area contributed by atoms with Gasteiger partial charge in [0.1, 0.15) is 5.60 Å². The topological polar surface area (TPSA) is 31.2 Å². The van der Waals surface area contributed by atoms with Crippen LogP contribution in [0.4, 0.5) is 0 Å². The number of hydrogen-bond donors (Lipinski definition) is 0. The standard InChI is InChI=1S/C33H31Cl2NO2S/c1-33(2,3)38-32(37)28(19-21-9-13-23(34)14-10-21)27-18-17-26-25-7-5-6-8-29(25)36(30(26)31(27)39-4)20-22-11-15-24(35)16-12-22/h5-18,28H,19-20H2,1-4H3. The third-order valence-electron chi connectivity index (χ3n) is 6.79. The number of carbonyl (C=O) groups excluding carboxylic acids is 1. The largest absolute Gasteiger partial charge is 0.459 e. The number of esters is 1. The summed E-state index contributed by atoms with van der Waals surface area (Å²) in [5.41, 5.74) is 4.85. The van der Waals surface area contributed by atoms with Crippen molar-refractivity contribution in [1.29, 1.82) is 0 Å². The van der Waals surface area contributed by atoms with Crippen LogP contribution >= 0.6 is 35.0 Å². The van der Waals surface area contributed by atoms with Crippen molar-refractivity contribution in [2.24, 2.45) is 0 Å². The van der Waals surface area contributed by atoms with Gasteiger partial charge in [0.05, 0.1) is 11.4 Å². The molecule has 0 bridgehead atoms.